The molecular weight excluding hydrogens is 250 g/mol. The van der Waals surface area contributed by atoms with Crippen molar-refractivity contribution in [3.05, 3.63) is 30.9 Å². The Kier molecular flexibility index (Phi) is 4.25. The van der Waals surface area contributed by atoms with Crippen LogP contribution in [0.3, 0.4) is 0 Å². The molecule has 1 aliphatic carbocycles. The average molecular weight is 271 g/mol. The van der Waals surface area contributed by atoms with E-state index < -0.39 is 0 Å². The van der Waals surface area contributed by atoms with E-state index in [2.05, 4.69) is 25.1 Å². The van der Waals surface area contributed by atoms with E-state index in [0.717, 1.165) is 24.1 Å². The van der Waals surface area contributed by atoms with Gasteiger partial charge in [0.2, 0.25) is 5.95 Å². The lowest BCUT2D eigenvalue weighted by Crippen LogP contribution is -2.11. The van der Waals surface area contributed by atoms with Crippen LogP contribution < -0.4 is 5.32 Å². The van der Waals surface area contributed by atoms with Crippen molar-refractivity contribution in [2.75, 3.05) is 5.32 Å². The third kappa shape index (κ3) is 3.35. The molecule has 0 saturated heterocycles. The molecule has 2 heterocycles. The molecule has 3 rings (SSSR count). The Morgan fingerprint density at radius 1 is 1.20 bits per heavy atom. The number of rotatable bonds is 4. The van der Waals surface area contributed by atoms with E-state index in [-0.39, 0.29) is 0 Å². The summed E-state index contributed by atoms with van der Waals surface area (Å²) in [5, 5.41) is 11.5. The highest BCUT2D eigenvalue weighted by atomic mass is 15.3. The average Bonchev–Trinajstić information content (AvgIpc) is 2.74. The second-order valence-corrected chi connectivity index (χ2v) is 5.53. The Balaban J connectivity index is 1.67. The van der Waals surface area contributed by atoms with E-state index in [1.165, 1.54) is 38.5 Å². The highest BCUT2D eigenvalue weighted by molar-refractivity contribution is 5.50. The van der Waals surface area contributed by atoms with E-state index in [4.69, 9.17) is 0 Å². The zero-order valence-corrected chi connectivity index (χ0v) is 11.7. The van der Waals surface area contributed by atoms with Gasteiger partial charge in [-0.25, -0.2) is 0 Å². The molecular formula is C15H21N5. The summed E-state index contributed by atoms with van der Waals surface area (Å²) in [5.74, 6) is 1.56. The van der Waals surface area contributed by atoms with Gasteiger partial charge in [-0.3, -0.25) is 9.55 Å². The summed E-state index contributed by atoms with van der Waals surface area (Å²) in [4.78, 5) is 4.10. The summed E-state index contributed by atoms with van der Waals surface area (Å²) in [7, 11) is 0. The van der Waals surface area contributed by atoms with Crippen molar-refractivity contribution >= 4 is 11.6 Å². The number of pyridine rings is 1. The summed E-state index contributed by atoms with van der Waals surface area (Å²) in [6.07, 6.45) is 13.5. The zero-order valence-electron chi connectivity index (χ0n) is 11.7. The summed E-state index contributed by atoms with van der Waals surface area (Å²) in [5.41, 5.74) is 0.947. The molecule has 20 heavy (non-hydrogen) atoms. The molecule has 5 heteroatoms. The lowest BCUT2D eigenvalue weighted by Gasteiger charge is -2.16. The van der Waals surface area contributed by atoms with Crippen LogP contribution in [0.5, 0.6) is 0 Å². The summed E-state index contributed by atoms with van der Waals surface area (Å²) in [6.45, 7) is 1.01. The predicted octanol–water partition coefficient (Wildman–Crippen LogP) is 3.39. The molecule has 2 aromatic heterocycles. The zero-order chi connectivity index (χ0) is 13.6. The lowest BCUT2D eigenvalue weighted by molar-refractivity contribution is 0.397. The Morgan fingerprint density at radius 2 is 2.05 bits per heavy atom. The van der Waals surface area contributed by atoms with Crippen LogP contribution in [0.25, 0.3) is 0 Å². The van der Waals surface area contributed by atoms with Crippen molar-refractivity contribution < 1.29 is 0 Å². The van der Waals surface area contributed by atoms with Crippen LogP contribution in [0.1, 0.15) is 38.5 Å². The lowest BCUT2D eigenvalue weighted by atomic mass is 10.0. The Labute approximate surface area is 119 Å². The molecule has 0 aliphatic heterocycles. The third-order valence-electron chi connectivity index (χ3n) is 3.96. The van der Waals surface area contributed by atoms with Gasteiger partial charge in [0.15, 0.2) is 0 Å². The first-order chi connectivity index (χ1) is 9.92. The Bertz CT molecular complexity index is 514. The van der Waals surface area contributed by atoms with Gasteiger partial charge in [0, 0.05) is 12.7 Å². The Morgan fingerprint density at radius 3 is 2.80 bits per heavy atom. The van der Waals surface area contributed by atoms with Crippen LogP contribution in [0, 0.1) is 5.92 Å². The molecule has 0 amide bonds. The van der Waals surface area contributed by atoms with Gasteiger partial charge in [0.1, 0.15) is 6.33 Å². The summed E-state index contributed by atoms with van der Waals surface area (Å²) in [6, 6.07) is 3.89. The first-order valence-corrected chi connectivity index (χ1v) is 7.46. The van der Waals surface area contributed by atoms with Crippen LogP contribution in [0.2, 0.25) is 0 Å². The van der Waals surface area contributed by atoms with Gasteiger partial charge in [-0.05, 0) is 30.9 Å². The van der Waals surface area contributed by atoms with Gasteiger partial charge in [0.05, 0.1) is 11.9 Å². The summed E-state index contributed by atoms with van der Waals surface area (Å²) >= 11 is 0. The van der Waals surface area contributed by atoms with Crippen molar-refractivity contribution in [2.45, 2.75) is 45.1 Å². The largest absolute Gasteiger partial charge is 0.323 e. The van der Waals surface area contributed by atoms with E-state index >= 15 is 0 Å². The standard InChI is InChI=1S/C15H21N5/c1-2-4-7-13(6-3-1)11-20-12-17-19-15(20)18-14-8-5-9-16-10-14/h5,8-10,12-13H,1-4,6-7,11H2,(H,18,19). The van der Waals surface area contributed by atoms with Crippen LogP contribution in [0.4, 0.5) is 11.6 Å². The van der Waals surface area contributed by atoms with E-state index in [9.17, 15) is 0 Å². The minimum absolute atomic E-state index is 0.753. The maximum absolute atomic E-state index is 4.17. The first kappa shape index (κ1) is 13.1. The third-order valence-corrected chi connectivity index (χ3v) is 3.96. The highest BCUT2D eigenvalue weighted by Gasteiger charge is 2.15. The molecule has 0 atom stereocenters. The van der Waals surface area contributed by atoms with Crippen molar-refractivity contribution in [2.24, 2.45) is 5.92 Å². The van der Waals surface area contributed by atoms with E-state index in [1.807, 2.05) is 18.5 Å². The first-order valence-electron chi connectivity index (χ1n) is 7.46. The number of aromatic nitrogens is 4. The minimum atomic E-state index is 0.753. The fourth-order valence-electron chi connectivity index (χ4n) is 2.88. The van der Waals surface area contributed by atoms with Gasteiger partial charge in [-0.2, -0.15) is 0 Å². The van der Waals surface area contributed by atoms with Crippen molar-refractivity contribution in [3.8, 4) is 0 Å². The monoisotopic (exact) mass is 271 g/mol. The Hall–Kier alpha value is -1.91. The number of hydrogen-bond acceptors (Lipinski definition) is 4. The summed E-state index contributed by atoms with van der Waals surface area (Å²) < 4.78 is 2.13. The van der Waals surface area contributed by atoms with Crippen molar-refractivity contribution in [1.29, 1.82) is 0 Å². The van der Waals surface area contributed by atoms with Gasteiger partial charge in [-0.15, -0.1) is 10.2 Å². The quantitative estimate of drug-likeness (QED) is 0.866. The van der Waals surface area contributed by atoms with Gasteiger partial charge >= 0.3 is 0 Å². The van der Waals surface area contributed by atoms with Gasteiger partial charge in [-0.1, -0.05) is 25.7 Å². The normalized spacial score (nSPS) is 16.8. The highest BCUT2D eigenvalue weighted by Crippen LogP contribution is 2.25. The van der Waals surface area contributed by atoms with Crippen LogP contribution in [-0.2, 0) is 6.54 Å². The predicted molar refractivity (Wildman–Crippen MR) is 78.7 cm³/mol. The van der Waals surface area contributed by atoms with Crippen molar-refractivity contribution in [1.82, 2.24) is 19.7 Å². The molecule has 0 aromatic carbocycles. The molecule has 1 saturated carbocycles. The molecule has 2 aromatic rings. The SMILES string of the molecule is c1cncc(Nc2nncn2CC2CCCCCC2)c1. The number of nitrogens with one attached hydrogen (secondary N) is 1. The van der Waals surface area contributed by atoms with Crippen LogP contribution in [-0.4, -0.2) is 19.7 Å². The topological polar surface area (TPSA) is 55.6 Å². The van der Waals surface area contributed by atoms with E-state index in [0.29, 0.717) is 0 Å². The molecule has 0 spiro atoms. The van der Waals surface area contributed by atoms with E-state index in [1.54, 1.807) is 12.4 Å². The second-order valence-electron chi connectivity index (χ2n) is 5.53. The van der Waals surface area contributed by atoms with Crippen LogP contribution in [0.15, 0.2) is 30.9 Å². The van der Waals surface area contributed by atoms with Crippen molar-refractivity contribution in [3.63, 3.8) is 0 Å². The molecule has 0 unspecified atom stereocenters. The second kappa shape index (κ2) is 6.50. The number of hydrogen-bond donors (Lipinski definition) is 1. The molecule has 0 bridgehead atoms. The fourth-order valence-corrected chi connectivity index (χ4v) is 2.88. The molecule has 1 aliphatic rings. The maximum Gasteiger partial charge on any atom is 0.228 e. The van der Waals surface area contributed by atoms with Crippen LogP contribution >= 0.6 is 0 Å². The molecule has 0 radical (unpaired) electrons. The minimum Gasteiger partial charge on any atom is -0.323 e. The number of nitrogens with zero attached hydrogens (tertiary/aromatic N) is 4. The molecule has 106 valence electrons. The molecule has 5 nitrogen and oxygen atoms in total. The molecule has 1 N–H and O–H groups in total. The number of anilines is 2. The van der Waals surface area contributed by atoms with Gasteiger partial charge in [0.25, 0.3) is 0 Å². The molecule has 1 fully saturated rings. The van der Waals surface area contributed by atoms with Gasteiger partial charge < -0.3 is 5.32 Å². The fraction of sp³-hybridized carbons (Fsp3) is 0.533. The maximum atomic E-state index is 4.17. The smallest absolute Gasteiger partial charge is 0.228 e.